The summed E-state index contributed by atoms with van der Waals surface area (Å²) < 4.78 is 6.48. The molecule has 50 heavy (non-hydrogen) atoms. The maximum absolute atomic E-state index is 14.2. The van der Waals surface area contributed by atoms with E-state index in [0.29, 0.717) is 67.8 Å². The molecule has 1 aromatic heterocycles. The van der Waals surface area contributed by atoms with E-state index in [-0.39, 0.29) is 30.8 Å². The van der Waals surface area contributed by atoms with Gasteiger partial charge in [0.2, 0.25) is 5.91 Å². The Labute approximate surface area is 291 Å². The van der Waals surface area contributed by atoms with E-state index in [4.69, 9.17) is 4.74 Å². The van der Waals surface area contributed by atoms with Crippen LogP contribution in [-0.4, -0.2) is 63.3 Å². The fourth-order valence-corrected chi connectivity index (χ4v) is 6.93. The molecule has 11 nitrogen and oxygen atoms in total. The number of esters is 1. The van der Waals surface area contributed by atoms with Crippen LogP contribution < -0.4 is 9.80 Å². The Morgan fingerprint density at radius 2 is 1.78 bits per heavy atom. The lowest BCUT2D eigenvalue weighted by atomic mass is 9.82. The zero-order valence-electron chi connectivity index (χ0n) is 28.4. The lowest BCUT2D eigenvalue weighted by molar-refractivity contribution is -0.140. The molecule has 3 heterocycles. The van der Waals surface area contributed by atoms with E-state index in [9.17, 15) is 24.6 Å². The first-order valence-corrected chi connectivity index (χ1v) is 17.1. The number of hydrogen-bond donors (Lipinski definition) is 2. The smallest absolute Gasteiger partial charge is 0.305 e. The van der Waals surface area contributed by atoms with Crippen molar-refractivity contribution in [2.24, 2.45) is 5.92 Å². The van der Waals surface area contributed by atoms with Crippen LogP contribution in [-0.2, 0) is 37.7 Å². The summed E-state index contributed by atoms with van der Waals surface area (Å²) >= 11 is 0. The summed E-state index contributed by atoms with van der Waals surface area (Å²) in [6.07, 6.45) is 8.50. The van der Waals surface area contributed by atoms with Crippen LogP contribution in [0, 0.1) is 5.92 Å². The van der Waals surface area contributed by atoms with E-state index in [1.54, 1.807) is 26.6 Å². The van der Waals surface area contributed by atoms with Crippen molar-refractivity contribution < 1.29 is 29.3 Å². The van der Waals surface area contributed by atoms with Gasteiger partial charge in [-0.25, -0.2) is 0 Å². The summed E-state index contributed by atoms with van der Waals surface area (Å²) in [5.74, 6) is -1.69. The number of nitrogens with zero attached hydrogens (tertiary/aromatic N) is 5. The van der Waals surface area contributed by atoms with Crippen molar-refractivity contribution in [2.75, 3.05) is 30.1 Å². The maximum Gasteiger partial charge on any atom is 0.305 e. The number of rotatable bonds is 14. The number of methoxy groups -OCH3 is 1. The number of fused-ring (bicyclic) bond motifs is 2. The molecule has 0 spiro atoms. The fraction of sp³-hybridized carbons (Fsp3) is 0.359. The topological polar surface area (TPSA) is 138 Å². The first-order valence-electron chi connectivity index (χ1n) is 17.1. The van der Waals surface area contributed by atoms with Gasteiger partial charge in [0.05, 0.1) is 36.7 Å². The van der Waals surface area contributed by atoms with Gasteiger partial charge in [0, 0.05) is 49.3 Å². The van der Waals surface area contributed by atoms with E-state index in [0.717, 1.165) is 16.8 Å². The van der Waals surface area contributed by atoms with Crippen LogP contribution in [0.25, 0.3) is 0 Å². The highest BCUT2D eigenvalue weighted by molar-refractivity contribution is 6.09. The number of carbonyl (C=O) groups excluding carboxylic acids is 3. The number of aromatic nitrogens is 3. The number of aryl methyl sites for hydroxylation is 2. The molecule has 3 atom stereocenters. The molecule has 260 valence electrons. The molecule has 11 heteroatoms. The standard InChI is InChI=1S/C39H43N5O6/c1-27(12-8-10-22-42-25-33(40-41-42)31(26-45)28-13-4-3-5-14-28)39(49)32-24-30(44-34-16-7-6-15-29(34)18-21-36(44)46)19-20-35(32)43(38(39)48)23-11-9-17-37(47)50-2/h3-8,12-16,19-20,24-25,27,31,45,49H,9-11,17-18,21-23,26H2,1-2H3/b12-8+/t27-,31?,39+/m0/s1. The van der Waals surface area contributed by atoms with Gasteiger partial charge in [0.1, 0.15) is 0 Å². The number of para-hydroxylation sites is 1. The van der Waals surface area contributed by atoms with Crippen molar-refractivity contribution in [3.05, 3.63) is 114 Å². The Kier molecular flexibility index (Phi) is 10.5. The van der Waals surface area contributed by atoms with Gasteiger partial charge in [-0.3, -0.25) is 24.0 Å². The summed E-state index contributed by atoms with van der Waals surface area (Å²) in [5.41, 5.74) is 3.24. The zero-order chi connectivity index (χ0) is 35.3. The molecule has 3 aromatic carbocycles. The van der Waals surface area contributed by atoms with Gasteiger partial charge in [-0.1, -0.05) is 72.8 Å². The summed E-state index contributed by atoms with van der Waals surface area (Å²) in [7, 11) is 1.35. The molecule has 2 amide bonds. The largest absolute Gasteiger partial charge is 0.469 e. The zero-order valence-corrected chi connectivity index (χ0v) is 28.4. The van der Waals surface area contributed by atoms with E-state index < -0.39 is 17.4 Å². The average molecular weight is 678 g/mol. The molecule has 2 N–H and O–H groups in total. The molecule has 1 unspecified atom stereocenters. The van der Waals surface area contributed by atoms with Crippen molar-refractivity contribution in [1.29, 1.82) is 0 Å². The van der Waals surface area contributed by atoms with Gasteiger partial charge < -0.3 is 19.8 Å². The second-order valence-corrected chi connectivity index (χ2v) is 12.9. The fourth-order valence-electron chi connectivity index (χ4n) is 6.93. The number of ether oxygens (including phenoxy) is 1. The Balaban J connectivity index is 1.22. The normalized spacial score (nSPS) is 18.3. The monoisotopic (exact) mass is 677 g/mol. The molecule has 6 rings (SSSR count). The number of aliphatic hydroxyl groups is 2. The summed E-state index contributed by atoms with van der Waals surface area (Å²) in [6.45, 7) is 2.56. The third kappa shape index (κ3) is 6.83. The molecular weight excluding hydrogens is 634 g/mol. The average Bonchev–Trinajstić information content (AvgIpc) is 3.69. The van der Waals surface area contributed by atoms with Crippen LogP contribution in [0.3, 0.4) is 0 Å². The minimum absolute atomic E-state index is 0.0468. The van der Waals surface area contributed by atoms with Gasteiger partial charge in [0.25, 0.3) is 5.91 Å². The van der Waals surface area contributed by atoms with Crippen LogP contribution in [0.4, 0.5) is 17.1 Å². The third-order valence-electron chi connectivity index (χ3n) is 9.75. The number of unbranched alkanes of at least 4 members (excludes halogenated alkanes) is 1. The van der Waals surface area contributed by atoms with E-state index >= 15 is 0 Å². The molecule has 0 aliphatic carbocycles. The van der Waals surface area contributed by atoms with Gasteiger partial charge >= 0.3 is 5.97 Å². The highest BCUT2D eigenvalue weighted by Crippen LogP contribution is 2.48. The van der Waals surface area contributed by atoms with Crippen molar-refractivity contribution in [3.63, 3.8) is 0 Å². The summed E-state index contributed by atoms with van der Waals surface area (Å²) in [4.78, 5) is 42.4. The molecular formula is C39H43N5O6. The predicted molar refractivity (Wildman–Crippen MR) is 189 cm³/mol. The SMILES string of the molecule is COC(=O)CCCCN1C(=O)[C@@](O)([C@@H](C)/C=C/CCn2cc(C(CO)c3ccccc3)nn2)c2cc(N3C(=O)CCc4ccccc43)ccc21. The number of allylic oxidation sites excluding steroid dienone is 1. The Hall–Kier alpha value is -5.13. The van der Waals surface area contributed by atoms with E-state index in [1.165, 1.54) is 7.11 Å². The van der Waals surface area contributed by atoms with E-state index in [2.05, 4.69) is 10.3 Å². The number of anilines is 3. The Bertz CT molecular complexity index is 1870. The van der Waals surface area contributed by atoms with Crippen molar-refractivity contribution in [2.45, 2.75) is 63.5 Å². The molecule has 0 saturated heterocycles. The van der Waals surface area contributed by atoms with Gasteiger partial charge in [0.15, 0.2) is 5.60 Å². The van der Waals surface area contributed by atoms with Crippen LogP contribution >= 0.6 is 0 Å². The molecule has 2 aliphatic rings. The molecule has 0 fully saturated rings. The minimum atomic E-state index is -1.88. The van der Waals surface area contributed by atoms with Crippen molar-refractivity contribution >= 4 is 34.8 Å². The number of aliphatic hydroxyl groups excluding tert-OH is 1. The highest BCUT2D eigenvalue weighted by Gasteiger charge is 2.52. The van der Waals surface area contributed by atoms with Crippen molar-refractivity contribution in [3.8, 4) is 0 Å². The van der Waals surface area contributed by atoms with Crippen LogP contribution in [0.15, 0.2) is 91.1 Å². The van der Waals surface area contributed by atoms with Gasteiger partial charge in [-0.05, 0) is 61.1 Å². The first kappa shape index (κ1) is 34.7. The second kappa shape index (κ2) is 15.2. The van der Waals surface area contributed by atoms with Crippen LogP contribution in [0.2, 0.25) is 0 Å². The maximum atomic E-state index is 14.2. The number of hydrogen-bond acceptors (Lipinski definition) is 8. The second-order valence-electron chi connectivity index (χ2n) is 12.9. The highest BCUT2D eigenvalue weighted by atomic mass is 16.5. The molecule has 4 aromatic rings. The number of amides is 2. The Morgan fingerprint density at radius 3 is 2.56 bits per heavy atom. The molecule has 0 bridgehead atoms. The van der Waals surface area contributed by atoms with Crippen molar-refractivity contribution in [1.82, 2.24) is 15.0 Å². The predicted octanol–water partition coefficient (Wildman–Crippen LogP) is 5.17. The minimum Gasteiger partial charge on any atom is -0.469 e. The summed E-state index contributed by atoms with van der Waals surface area (Å²) in [6, 6.07) is 22.9. The van der Waals surface area contributed by atoms with E-state index in [1.807, 2.05) is 85.9 Å². The van der Waals surface area contributed by atoms with Gasteiger partial charge in [-0.15, -0.1) is 5.10 Å². The first-order chi connectivity index (χ1) is 24.3. The Morgan fingerprint density at radius 1 is 1.00 bits per heavy atom. The molecule has 0 radical (unpaired) electrons. The lowest BCUT2D eigenvalue weighted by Gasteiger charge is -2.31. The number of benzene rings is 3. The van der Waals surface area contributed by atoms with Crippen LogP contribution in [0.1, 0.15) is 67.3 Å². The molecule has 0 saturated carbocycles. The number of carbonyl (C=O) groups is 3. The quantitative estimate of drug-likeness (QED) is 0.106. The van der Waals surface area contributed by atoms with Crippen LogP contribution in [0.5, 0.6) is 0 Å². The molecule has 2 aliphatic heterocycles. The summed E-state index contributed by atoms with van der Waals surface area (Å²) in [5, 5.41) is 30.9. The van der Waals surface area contributed by atoms with Gasteiger partial charge in [-0.2, -0.15) is 0 Å². The lowest BCUT2D eigenvalue weighted by Crippen LogP contribution is -2.44. The third-order valence-corrected chi connectivity index (χ3v) is 9.75.